The van der Waals surface area contributed by atoms with Crippen LogP contribution in [0.3, 0.4) is 0 Å². The third kappa shape index (κ3) is 983. The summed E-state index contributed by atoms with van der Waals surface area (Å²) < 4.78 is 34.1. The molecule has 0 aliphatic carbocycles. The molecule has 0 aliphatic heterocycles. The molecule has 0 aromatic rings. The second-order valence-electron chi connectivity index (χ2n) is 0.408. The first-order valence-corrected chi connectivity index (χ1v) is 2.00. The predicted octanol–water partition coefficient (Wildman–Crippen LogP) is -2.17. The van der Waals surface area contributed by atoms with E-state index in [9.17, 15) is 0 Å². The molecule has 0 heterocycles. The average Bonchev–Trinajstić information content (AvgIpc) is 0.722. The van der Waals surface area contributed by atoms with Crippen LogP contribution in [-0.2, 0) is 27.5 Å². The van der Waals surface area contributed by atoms with E-state index in [-0.39, 0.29) is 22.5 Å². The Bertz CT molecular complexity index is 91.2. The van der Waals surface area contributed by atoms with Crippen LogP contribution in [0.1, 0.15) is 0 Å². The van der Waals surface area contributed by atoms with Gasteiger partial charge in [-0.05, 0) is 0 Å². The Morgan fingerprint density at radius 3 is 1.14 bits per heavy atom. The summed E-state index contributed by atoms with van der Waals surface area (Å²) >= 11 is 0. The van der Waals surface area contributed by atoms with Gasteiger partial charge in [0.2, 0.25) is 0 Å². The molecule has 0 spiro atoms. The summed E-state index contributed by atoms with van der Waals surface area (Å²) in [5.74, 6) is 0. The van der Waals surface area contributed by atoms with E-state index in [1.807, 2.05) is 0 Å². The van der Waals surface area contributed by atoms with Crippen LogP contribution in [0.15, 0.2) is 0 Å². The van der Waals surface area contributed by atoms with Gasteiger partial charge in [-0.1, -0.05) is 0 Å². The van der Waals surface area contributed by atoms with Crippen molar-refractivity contribution in [3.05, 3.63) is 0 Å². The van der Waals surface area contributed by atoms with Gasteiger partial charge in [0, 0.05) is 10.4 Å². The van der Waals surface area contributed by atoms with Gasteiger partial charge in [-0.2, -0.15) is 0 Å². The van der Waals surface area contributed by atoms with Crippen molar-refractivity contribution in [3.63, 3.8) is 0 Å². The monoisotopic (exact) mass is 170 g/mol. The molecule has 0 amide bonds. The van der Waals surface area contributed by atoms with E-state index in [4.69, 9.17) is 17.5 Å². The van der Waals surface area contributed by atoms with Crippen LogP contribution >= 0.6 is 0 Å². The molecule has 0 saturated carbocycles. The third-order valence-corrected chi connectivity index (χ3v) is 0. The van der Waals surface area contributed by atoms with Crippen LogP contribution in [0.5, 0.6) is 0 Å². The zero-order chi connectivity index (χ0) is 4.50. The first-order valence-electron chi connectivity index (χ1n) is 0.667. The maximum absolute atomic E-state index is 8.52. The molecule has 0 bridgehead atoms. The molecule has 2 N–H and O–H groups in total. The van der Waals surface area contributed by atoms with E-state index in [1.54, 1.807) is 0 Å². The van der Waals surface area contributed by atoms with Gasteiger partial charge in [-0.15, -0.1) is 0 Å². The van der Waals surface area contributed by atoms with Crippen molar-refractivity contribution in [2.75, 3.05) is 0 Å². The first kappa shape index (κ1) is 15.7. The van der Waals surface area contributed by atoms with E-state index < -0.39 is 10.4 Å². The maximum Gasteiger partial charge on any atom is 3.00 e. The van der Waals surface area contributed by atoms with Gasteiger partial charge in [-0.3, -0.25) is 8.42 Å². The third-order valence-electron chi connectivity index (χ3n) is 0. The molecule has 5 nitrogen and oxygen atoms in total. The number of hydrogen-bond acceptors (Lipinski definition) is 4. The fraction of sp³-hybridized carbons (Fsp3) is 0. The molecule has 0 rings (SSSR count). The Hall–Kier alpha value is 0.349. The van der Waals surface area contributed by atoms with Crippen molar-refractivity contribution < 1.29 is 40.1 Å². The molecule has 0 aromatic carbocycles. The average molecular weight is 170 g/mol. The van der Waals surface area contributed by atoms with Gasteiger partial charge >= 0.3 is 17.1 Å². The molecule has 0 saturated heterocycles. The normalized spacial score (nSPS) is 8.29. The topological polar surface area (TPSA) is 112 Å². The molecular weight excluding hydrogens is 168 g/mol. The van der Waals surface area contributed by atoms with Crippen LogP contribution in [0, 0.1) is 0 Å². The molecule has 7 heteroatoms. The summed E-state index contributed by atoms with van der Waals surface area (Å²) in [5.41, 5.74) is 0. The van der Waals surface area contributed by atoms with Crippen molar-refractivity contribution in [2.24, 2.45) is 0 Å². The van der Waals surface area contributed by atoms with Crippen molar-refractivity contribution in [1.82, 2.24) is 0 Å². The Morgan fingerprint density at radius 2 is 1.14 bits per heavy atom. The minimum absolute atomic E-state index is 0. The summed E-state index contributed by atoms with van der Waals surface area (Å²) in [5, 5.41) is 0. The quantitative estimate of drug-likeness (QED) is 0.234. The van der Waals surface area contributed by atoms with Gasteiger partial charge < -0.3 is 14.6 Å². The second kappa shape index (κ2) is 4.51. The van der Waals surface area contributed by atoms with Gasteiger partial charge in [0.1, 0.15) is 0 Å². The van der Waals surface area contributed by atoms with Crippen LogP contribution in [0.25, 0.3) is 0 Å². The van der Waals surface area contributed by atoms with E-state index in [0.29, 0.717) is 0 Å². The van der Waals surface area contributed by atoms with Crippen LogP contribution in [-0.4, -0.2) is 23.0 Å². The largest absolute Gasteiger partial charge is 3.00 e. The van der Waals surface area contributed by atoms with Crippen LogP contribution < -0.4 is 0 Å². The van der Waals surface area contributed by atoms with Crippen molar-refractivity contribution in [1.29, 1.82) is 0 Å². The molecule has 0 aliphatic rings. The molecule has 0 aromatic heterocycles. The van der Waals surface area contributed by atoms with Crippen LogP contribution in [0.2, 0.25) is 0 Å². The number of rotatable bonds is 0. The fourth-order valence-electron chi connectivity index (χ4n) is 0. The summed E-state index contributed by atoms with van der Waals surface area (Å²) in [7, 11) is -5.17. The minimum Gasteiger partial charge on any atom is -0.759 e. The fourth-order valence-corrected chi connectivity index (χ4v) is 0. The maximum atomic E-state index is 8.52. The molecule has 1 radical (unpaired) electrons. The molecule has 0 atom stereocenters. The smallest absolute Gasteiger partial charge is 0.759 e. The first-order chi connectivity index (χ1) is 2.00. The molecular formula is H2FeO5S+. The Kier molecular flexibility index (Phi) is 10.1. The van der Waals surface area contributed by atoms with Crippen molar-refractivity contribution in [2.45, 2.75) is 0 Å². The molecule has 45 valence electrons. The Morgan fingerprint density at radius 1 is 1.14 bits per heavy atom. The minimum atomic E-state index is -5.17. The predicted molar refractivity (Wildman–Crippen MR) is 14.1 cm³/mol. The van der Waals surface area contributed by atoms with E-state index in [0.717, 1.165) is 0 Å². The van der Waals surface area contributed by atoms with Gasteiger partial charge in [0.25, 0.3) is 0 Å². The number of hydrogen-bond donors (Lipinski definition) is 0. The Balaban J connectivity index is -0.0000000800. The summed E-state index contributed by atoms with van der Waals surface area (Å²) in [6.45, 7) is 0. The SMILES string of the molecule is O.O=S(=O)([O-])[O-].[Fe+3]. The van der Waals surface area contributed by atoms with Gasteiger partial charge in [0.15, 0.2) is 0 Å². The Labute approximate surface area is 51.1 Å². The van der Waals surface area contributed by atoms with E-state index >= 15 is 0 Å². The van der Waals surface area contributed by atoms with E-state index in [2.05, 4.69) is 0 Å². The van der Waals surface area contributed by atoms with Crippen molar-refractivity contribution >= 4 is 10.4 Å². The standard InChI is InChI=1S/Fe.H2O4S.H2O/c;1-5(2,3)4;/h;(H2,1,2,3,4);1H2/q+3;;/p-2. The van der Waals surface area contributed by atoms with E-state index in [1.165, 1.54) is 0 Å². The van der Waals surface area contributed by atoms with Gasteiger partial charge in [-0.25, -0.2) is 0 Å². The summed E-state index contributed by atoms with van der Waals surface area (Å²) in [6, 6.07) is 0. The zero-order valence-electron chi connectivity index (χ0n) is 2.89. The zero-order valence-corrected chi connectivity index (χ0v) is 4.82. The molecule has 0 unspecified atom stereocenters. The van der Waals surface area contributed by atoms with Gasteiger partial charge in [0.05, 0.1) is 0 Å². The van der Waals surface area contributed by atoms with Crippen molar-refractivity contribution in [3.8, 4) is 0 Å². The summed E-state index contributed by atoms with van der Waals surface area (Å²) in [4.78, 5) is 0. The van der Waals surface area contributed by atoms with Crippen LogP contribution in [0.4, 0.5) is 0 Å². The second-order valence-corrected chi connectivity index (χ2v) is 1.22. The molecule has 0 fully saturated rings. The molecule has 7 heavy (non-hydrogen) atoms. The summed E-state index contributed by atoms with van der Waals surface area (Å²) in [6.07, 6.45) is 0.